The molecule has 166 valence electrons. The summed E-state index contributed by atoms with van der Waals surface area (Å²) in [7, 11) is -3.29. The molecule has 0 radical (unpaired) electrons. The monoisotopic (exact) mass is 468 g/mol. The van der Waals surface area contributed by atoms with E-state index in [1.807, 2.05) is 0 Å². The average Bonchev–Trinajstić information content (AvgIpc) is 2.77. The molecular formula is C23H15F3N4O2S. The standard InChI is InChI=1S/C23H15F3N4O2S/c1-33(31,32)18-6-4-17(5-7-18)30-22-12-19-16(14-29-22)10-11-27-20(19)8-2-15-3-9-21(28-13-15)23(24,25)26/h3-7,9-14H,1H3,(H,29,30). The van der Waals surface area contributed by atoms with E-state index in [4.69, 9.17) is 0 Å². The van der Waals surface area contributed by atoms with Crippen LogP contribution < -0.4 is 5.32 Å². The van der Waals surface area contributed by atoms with Gasteiger partial charge in [0.1, 0.15) is 17.2 Å². The number of halogens is 3. The molecule has 33 heavy (non-hydrogen) atoms. The number of hydrogen-bond donors (Lipinski definition) is 1. The molecule has 0 atom stereocenters. The van der Waals surface area contributed by atoms with Crippen LogP contribution in [0, 0.1) is 11.8 Å². The first-order valence-electron chi connectivity index (χ1n) is 9.47. The minimum absolute atomic E-state index is 0.207. The summed E-state index contributed by atoms with van der Waals surface area (Å²) in [6, 6.07) is 11.9. The number of nitrogens with one attached hydrogen (secondary N) is 1. The highest BCUT2D eigenvalue weighted by Crippen LogP contribution is 2.27. The van der Waals surface area contributed by atoms with E-state index >= 15 is 0 Å². The van der Waals surface area contributed by atoms with Crippen LogP contribution in [0.5, 0.6) is 0 Å². The Morgan fingerprint density at radius 1 is 0.909 bits per heavy atom. The van der Waals surface area contributed by atoms with Gasteiger partial charge in [0.05, 0.1) is 4.90 Å². The Hall–Kier alpha value is -3.97. The van der Waals surface area contributed by atoms with Gasteiger partial charge in [-0.15, -0.1) is 0 Å². The number of anilines is 2. The van der Waals surface area contributed by atoms with E-state index in [-0.39, 0.29) is 4.90 Å². The highest BCUT2D eigenvalue weighted by Gasteiger charge is 2.31. The molecule has 1 aromatic carbocycles. The third-order valence-electron chi connectivity index (χ3n) is 4.58. The Morgan fingerprint density at radius 3 is 2.30 bits per heavy atom. The number of pyridine rings is 3. The molecule has 3 heterocycles. The highest BCUT2D eigenvalue weighted by atomic mass is 32.2. The van der Waals surface area contributed by atoms with Crippen molar-refractivity contribution in [1.82, 2.24) is 15.0 Å². The number of hydrogen-bond acceptors (Lipinski definition) is 6. The molecule has 0 amide bonds. The van der Waals surface area contributed by atoms with Crippen molar-refractivity contribution < 1.29 is 21.6 Å². The molecule has 1 N–H and O–H groups in total. The van der Waals surface area contributed by atoms with Gasteiger partial charge in [0, 0.05) is 46.9 Å². The SMILES string of the molecule is CS(=O)(=O)c1ccc(Nc2cc3c(C#Cc4ccc(C(F)(F)F)nc4)nccc3cn2)cc1. The van der Waals surface area contributed by atoms with Gasteiger partial charge in [-0.2, -0.15) is 13.2 Å². The van der Waals surface area contributed by atoms with Gasteiger partial charge in [0.2, 0.25) is 0 Å². The molecule has 0 saturated heterocycles. The number of alkyl halides is 3. The van der Waals surface area contributed by atoms with Crippen LogP contribution in [0.4, 0.5) is 24.7 Å². The summed E-state index contributed by atoms with van der Waals surface area (Å²) in [5, 5.41) is 4.56. The van der Waals surface area contributed by atoms with E-state index in [9.17, 15) is 21.6 Å². The zero-order valence-corrected chi connectivity index (χ0v) is 17.9. The van der Waals surface area contributed by atoms with E-state index in [1.165, 1.54) is 18.2 Å². The maximum atomic E-state index is 12.7. The van der Waals surface area contributed by atoms with Gasteiger partial charge in [-0.25, -0.2) is 18.4 Å². The van der Waals surface area contributed by atoms with E-state index < -0.39 is 21.7 Å². The Kier molecular flexibility index (Phi) is 5.74. The van der Waals surface area contributed by atoms with Gasteiger partial charge in [0.25, 0.3) is 0 Å². The second-order valence-corrected chi connectivity index (χ2v) is 9.07. The van der Waals surface area contributed by atoms with Crippen molar-refractivity contribution in [3.63, 3.8) is 0 Å². The largest absolute Gasteiger partial charge is 0.433 e. The third-order valence-corrected chi connectivity index (χ3v) is 5.71. The van der Waals surface area contributed by atoms with Crippen LogP contribution in [0.1, 0.15) is 17.0 Å². The van der Waals surface area contributed by atoms with Crippen LogP contribution in [0.25, 0.3) is 10.8 Å². The van der Waals surface area contributed by atoms with Crippen LogP contribution in [-0.2, 0) is 16.0 Å². The Balaban J connectivity index is 1.62. The van der Waals surface area contributed by atoms with Crippen LogP contribution in [0.2, 0.25) is 0 Å². The number of rotatable bonds is 3. The predicted molar refractivity (Wildman–Crippen MR) is 118 cm³/mol. The first-order valence-corrected chi connectivity index (χ1v) is 11.4. The lowest BCUT2D eigenvalue weighted by atomic mass is 10.1. The lowest BCUT2D eigenvalue weighted by Gasteiger charge is -2.08. The normalized spacial score (nSPS) is 11.6. The zero-order chi connectivity index (χ0) is 23.6. The minimum Gasteiger partial charge on any atom is -0.340 e. The van der Waals surface area contributed by atoms with Crippen LogP contribution >= 0.6 is 0 Å². The Labute approximate surface area is 187 Å². The first-order chi connectivity index (χ1) is 15.6. The van der Waals surface area contributed by atoms with Crippen molar-refractivity contribution in [3.8, 4) is 11.8 Å². The molecule has 4 aromatic rings. The van der Waals surface area contributed by atoms with Crippen molar-refractivity contribution in [2.75, 3.05) is 11.6 Å². The predicted octanol–water partition coefficient (Wildman–Crippen LogP) is 4.59. The molecule has 0 aliphatic carbocycles. The molecule has 0 unspecified atom stereocenters. The fourth-order valence-corrected chi connectivity index (χ4v) is 3.56. The minimum atomic E-state index is -4.51. The summed E-state index contributed by atoms with van der Waals surface area (Å²) < 4.78 is 61.2. The van der Waals surface area contributed by atoms with Crippen molar-refractivity contribution in [3.05, 3.63) is 84.1 Å². The number of aromatic nitrogens is 3. The molecule has 0 bridgehead atoms. The van der Waals surface area contributed by atoms with Gasteiger partial charge < -0.3 is 5.32 Å². The molecule has 3 aromatic heterocycles. The van der Waals surface area contributed by atoms with E-state index in [0.717, 1.165) is 23.9 Å². The summed E-state index contributed by atoms with van der Waals surface area (Å²) in [5.74, 6) is 6.14. The Bertz CT molecular complexity index is 1490. The third kappa shape index (κ3) is 5.27. The molecule has 0 saturated carbocycles. The highest BCUT2D eigenvalue weighted by molar-refractivity contribution is 7.90. The molecule has 0 aliphatic heterocycles. The topological polar surface area (TPSA) is 84.8 Å². The number of benzene rings is 1. The maximum absolute atomic E-state index is 12.7. The molecule has 0 fully saturated rings. The summed E-state index contributed by atoms with van der Waals surface area (Å²) in [5.41, 5.74) is 0.398. The van der Waals surface area contributed by atoms with Crippen LogP contribution in [-0.4, -0.2) is 29.6 Å². The van der Waals surface area contributed by atoms with Crippen molar-refractivity contribution >= 4 is 32.1 Å². The molecule has 0 aliphatic rings. The van der Waals surface area contributed by atoms with E-state index in [1.54, 1.807) is 36.7 Å². The van der Waals surface area contributed by atoms with E-state index in [2.05, 4.69) is 32.1 Å². The summed E-state index contributed by atoms with van der Waals surface area (Å²) in [6.07, 6.45) is 0.891. The smallest absolute Gasteiger partial charge is 0.340 e. The lowest BCUT2D eigenvalue weighted by molar-refractivity contribution is -0.141. The molecular weight excluding hydrogens is 453 g/mol. The fraction of sp³-hybridized carbons (Fsp3) is 0.0870. The molecule has 6 nitrogen and oxygen atoms in total. The lowest BCUT2D eigenvalue weighted by Crippen LogP contribution is -2.07. The van der Waals surface area contributed by atoms with Crippen LogP contribution in [0.3, 0.4) is 0 Å². The van der Waals surface area contributed by atoms with E-state index in [0.29, 0.717) is 28.1 Å². The maximum Gasteiger partial charge on any atom is 0.433 e. The van der Waals surface area contributed by atoms with Crippen LogP contribution in [0.15, 0.2) is 72.0 Å². The van der Waals surface area contributed by atoms with Crippen molar-refractivity contribution in [2.24, 2.45) is 0 Å². The molecule has 4 rings (SSSR count). The fourth-order valence-electron chi connectivity index (χ4n) is 2.93. The number of nitrogens with zero attached hydrogens (tertiary/aromatic N) is 3. The first kappa shape index (κ1) is 22.2. The molecule has 0 spiro atoms. The van der Waals surface area contributed by atoms with Gasteiger partial charge in [-0.05, 0) is 54.5 Å². The van der Waals surface area contributed by atoms with Gasteiger partial charge in [-0.1, -0.05) is 5.92 Å². The summed E-state index contributed by atoms with van der Waals surface area (Å²) >= 11 is 0. The zero-order valence-electron chi connectivity index (χ0n) is 17.1. The second-order valence-electron chi connectivity index (χ2n) is 7.05. The molecule has 10 heteroatoms. The summed E-state index contributed by atoms with van der Waals surface area (Å²) in [4.78, 5) is 12.2. The van der Waals surface area contributed by atoms with Gasteiger partial charge in [0.15, 0.2) is 9.84 Å². The van der Waals surface area contributed by atoms with Gasteiger partial charge >= 0.3 is 6.18 Å². The second kappa shape index (κ2) is 8.52. The van der Waals surface area contributed by atoms with Gasteiger partial charge in [-0.3, -0.25) is 4.98 Å². The average molecular weight is 468 g/mol. The Morgan fingerprint density at radius 2 is 1.67 bits per heavy atom. The number of sulfone groups is 1. The summed E-state index contributed by atoms with van der Waals surface area (Å²) in [6.45, 7) is 0. The quantitative estimate of drug-likeness (QED) is 0.443. The van der Waals surface area contributed by atoms with Crippen molar-refractivity contribution in [1.29, 1.82) is 0 Å². The number of fused-ring (bicyclic) bond motifs is 1. The van der Waals surface area contributed by atoms with Crippen molar-refractivity contribution in [2.45, 2.75) is 11.1 Å².